The minimum Gasteiger partial charge on any atom is -0.453 e. The Balaban J connectivity index is 1.95. The van der Waals surface area contributed by atoms with Gasteiger partial charge in [-0.25, -0.2) is 4.79 Å². The van der Waals surface area contributed by atoms with Crippen LogP contribution in [-0.2, 0) is 14.3 Å². The SMILES string of the molecule is COC(=O)N1CCCC1C(=O)N1CCN(C=O)CC1. The van der Waals surface area contributed by atoms with Crippen LogP contribution in [-0.4, -0.2) is 79.0 Å². The standard InChI is InChI=1S/C12H19N3O4/c1-19-12(18)15-4-2-3-10(15)11(17)14-7-5-13(9-16)6-8-14/h9-10H,2-8H2,1H3. The van der Waals surface area contributed by atoms with Gasteiger partial charge >= 0.3 is 6.09 Å². The maximum atomic E-state index is 12.4. The quantitative estimate of drug-likeness (QED) is 0.635. The van der Waals surface area contributed by atoms with E-state index in [9.17, 15) is 14.4 Å². The lowest BCUT2D eigenvalue weighted by atomic mass is 10.1. The molecule has 19 heavy (non-hydrogen) atoms. The van der Waals surface area contributed by atoms with Gasteiger partial charge in [0.05, 0.1) is 7.11 Å². The minimum atomic E-state index is -0.442. The minimum absolute atomic E-state index is 0.0338. The predicted octanol–water partition coefficient (Wildman–Crippen LogP) is -0.482. The molecule has 0 aromatic rings. The molecule has 7 heteroatoms. The molecule has 0 aromatic carbocycles. The van der Waals surface area contributed by atoms with E-state index in [1.807, 2.05) is 0 Å². The van der Waals surface area contributed by atoms with Crippen molar-refractivity contribution < 1.29 is 19.1 Å². The van der Waals surface area contributed by atoms with Crippen LogP contribution >= 0.6 is 0 Å². The number of piperazine rings is 1. The molecule has 0 spiro atoms. The van der Waals surface area contributed by atoms with Crippen LogP contribution in [0.3, 0.4) is 0 Å². The molecule has 2 heterocycles. The van der Waals surface area contributed by atoms with E-state index in [0.29, 0.717) is 39.1 Å². The maximum Gasteiger partial charge on any atom is 0.410 e. The number of carbonyl (C=O) groups excluding carboxylic acids is 3. The van der Waals surface area contributed by atoms with Gasteiger partial charge in [-0.3, -0.25) is 14.5 Å². The number of carbonyl (C=O) groups is 3. The molecule has 2 rings (SSSR count). The lowest BCUT2D eigenvalue weighted by molar-refractivity contribution is -0.138. The van der Waals surface area contributed by atoms with E-state index in [1.165, 1.54) is 12.0 Å². The predicted molar refractivity (Wildman–Crippen MR) is 66.4 cm³/mol. The number of likely N-dealkylation sites (tertiary alicyclic amines) is 1. The molecule has 0 radical (unpaired) electrons. The van der Waals surface area contributed by atoms with Gasteiger partial charge in [-0.2, -0.15) is 0 Å². The fourth-order valence-corrected chi connectivity index (χ4v) is 2.62. The molecule has 0 aliphatic carbocycles. The van der Waals surface area contributed by atoms with E-state index in [1.54, 1.807) is 9.80 Å². The second kappa shape index (κ2) is 5.90. The largest absolute Gasteiger partial charge is 0.453 e. The summed E-state index contributed by atoms with van der Waals surface area (Å²) in [7, 11) is 1.32. The second-order valence-electron chi connectivity index (χ2n) is 4.79. The molecule has 2 aliphatic rings. The Labute approximate surface area is 112 Å². The van der Waals surface area contributed by atoms with Crippen molar-refractivity contribution in [1.29, 1.82) is 0 Å². The van der Waals surface area contributed by atoms with Crippen molar-refractivity contribution in [2.24, 2.45) is 0 Å². The maximum absolute atomic E-state index is 12.4. The van der Waals surface area contributed by atoms with Crippen molar-refractivity contribution in [3.05, 3.63) is 0 Å². The van der Waals surface area contributed by atoms with Crippen LogP contribution in [0.4, 0.5) is 4.79 Å². The second-order valence-corrected chi connectivity index (χ2v) is 4.79. The Hall–Kier alpha value is -1.79. The van der Waals surface area contributed by atoms with Crippen molar-refractivity contribution in [3.8, 4) is 0 Å². The molecule has 1 atom stereocenters. The lowest BCUT2D eigenvalue weighted by Gasteiger charge is -2.35. The van der Waals surface area contributed by atoms with Crippen LogP contribution in [0.2, 0.25) is 0 Å². The molecule has 0 bridgehead atoms. The number of nitrogens with zero attached hydrogens (tertiary/aromatic N) is 3. The van der Waals surface area contributed by atoms with Gasteiger partial charge in [0.15, 0.2) is 0 Å². The van der Waals surface area contributed by atoms with E-state index in [-0.39, 0.29) is 5.91 Å². The van der Waals surface area contributed by atoms with Crippen molar-refractivity contribution in [2.45, 2.75) is 18.9 Å². The smallest absolute Gasteiger partial charge is 0.410 e. The summed E-state index contributed by atoms with van der Waals surface area (Å²) in [4.78, 5) is 39.5. The van der Waals surface area contributed by atoms with Crippen molar-refractivity contribution in [3.63, 3.8) is 0 Å². The highest BCUT2D eigenvalue weighted by Crippen LogP contribution is 2.20. The molecule has 7 nitrogen and oxygen atoms in total. The topological polar surface area (TPSA) is 70.2 Å². The number of hydrogen-bond donors (Lipinski definition) is 0. The molecule has 106 valence electrons. The summed E-state index contributed by atoms with van der Waals surface area (Å²) in [6, 6.07) is -0.407. The van der Waals surface area contributed by atoms with E-state index < -0.39 is 12.1 Å². The zero-order valence-electron chi connectivity index (χ0n) is 11.1. The first-order valence-corrected chi connectivity index (χ1v) is 6.50. The van der Waals surface area contributed by atoms with Crippen LogP contribution in [0.25, 0.3) is 0 Å². The van der Waals surface area contributed by atoms with Gasteiger partial charge < -0.3 is 14.5 Å². The third-order valence-electron chi connectivity index (χ3n) is 3.72. The zero-order valence-corrected chi connectivity index (χ0v) is 11.1. The van der Waals surface area contributed by atoms with Gasteiger partial charge in [0, 0.05) is 32.7 Å². The van der Waals surface area contributed by atoms with Crippen molar-refractivity contribution in [2.75, 3.05) is 39.8 Å². The number of methoxy groups -OCH3 is 1. The molecular formula is C12H19N3O4. The van der Waals surface area contributed by atoms with Crippen molar-refractivity contribution >= 4 is 18.4 Å². The summed E-state index contributed by atoms with van der Waals surface area (Å²) in [6.07, 6.45) is 1.86. The van der Waals surface area contributed by atoms with Crippen LogP contribution in [0.15, 0.2) is 0 Å². The molecule has 0 saturated carbocycles. The average molecular weight is 269 g/mol. The third kappa shape index (κ3) is 2.80. The van der Waals surface area contributed by atoms with Gasteiger partial charge in [0.2, 0.25) is 12.3 Å². The first-order valence-electron chi connectivity index (χ1n) is 6.50. The first-order chi connectivity index (χ1) is 9.17. The summed E-state index contributed by atoms with van der Waals surface area (Å²) < 4.78 is 4.70. The van der Waals surface area contributed by atoms with Crippen molar-refractivity contribution in [1.82, 2.24) is 14.7 Å². The highest BCUT2D eigenvalue weighted by atomic mass is 16.5. The Bertz CT molecular complexity index is 366. The lowest BCUT2D eigenvalue weighted by Crippen LogP contribution is -2.54. The van der Waals surface area contributed by atoms with E-state index in [2.05, 4.69) is 0 Å². The number of hydrogen-bond acceptors (Lipinski definition) is 4. The Morgan fingerprint density at radius 3 is 2.42 bits per heavy atom. The molecule has 2 aliphatic heterocycles. The summed E-state index contributed by atoms with van der Waals surface area (Å²) >= 11 is 0. The number of ether oxygens (including phenoxy) is 1. The van der Waals surface area contributed by atoms with Crippen LogP contribution in [0.1, 0.15) is 12.8 Å². The fraction of sp³-hybridized carbons (Fsp3) is 0.750. The zero-order chi connectivity index (χ0) is 13.8. The molecular weight excluding hydrogens is 250 g/mol. The first kappa shape index (κ1) is 13.6. The monoisotopic (exact) mass is 269 g/mol. The van der Waals surface area contributed by atoms with Gasteiger partial charge in [0.1, 0.15) is 6.04 Å². The summed E-state index contributed by atoms with van der Waals surface area (Å²) in [5.41, 5.74) is 0. The number of amides is 3. The van der Waals surface area contributed by atoms with Gasteiger partial charge in [-0.15, -0.1) is 0 Å². The fourth-order valence-electron chi connectivity index (χ4n) is 2.62. The van der Waals surface area contributed by atoms with E-state index in [4.69, 9.17) is 4.74 Å². The van der Waals surface area contributed by atoms with Gasteiger partial charge in [-0.05, 0) is 12.8 Å². The molecule has 0 N–H and O–H groups in total. The normalized spacial score (nSPS) is 23.4. The average Bonchev–Trinajstić information content (AvgIpc) is 2.95. The number of rotatable bonds is 2. The highest BCUT2D eigenvalue weighted by Gasteiger charge is 2.37. The Morgan fingerprint density at radius 1 is 1.16 bits per heavy atom. The molecule has 2 saturated heterocycles. The Kier molecular flexibility index (Phi) is 4.24. The van der Waals surface area contributed by atoms with Crippen LogP contribution < -0.4 is 0 Å². The summed E-state index contributed by atoms with van der Waals surface area (Å²) in [5.74, 6) is -0.0338. The molecule has 2 fully saturated rings. The molecule has 1 unspecified atom stereocenters. The molecule has 0 aromatic heterocycles. The Morgan fingerprint density at radius 2 is 1.84 bits per heavy atom. The van der Waals surface area contributed by atoms with Crippen LogP contribution in [0.5, 0.6) is 0 Å². The van der Waals surface area contributed by atoms with Crippen LogP contribution in [0, 0.1) is 0 Å². The molecule has 3 amide bonds. The van der Waals surface area contributed by atoms with Gasteiger partial charge in [-0.1, -0.05) is 0 Å². The van der Waals surface area contributed by atoms with E-state index in [0.717, 1.165) is 12.8 Å². The highest BCUT2D eigenvalue weighted by molar-refractivity contribution is 5.86. The van der Waals surface area contributed by atoms with E-state index >= 15 is 0 Å². The summed E-state index contributed by atoms with van der Waals surface area (Å²) in [5, 5.41) is 0. The third-order valence-corrected chi connectivity index (χ3v) is 3.72. The summed E-state index contributed by atoms with van der Waals surface area (Å²) in [6.45, 7) is 2.74. The van der Waals surface area contributed by atoms with Gasteiger partial charge in [0.25, 0.3) is 0 Å².